The van der Waals surface area contributed by atoms with E-state index in [-0.39, 0.29) is 0 Å². The molecule has 7 aromatic carbocycles. The van der Waals surface area contributed by atoms with E-state index in [2.05, 4.69) is 144 Å². The van der Waals surface area contributed by atoms with Crippen molar-refractivity contribution in [3.63, 3.8) is 0 Å². The largest absolute Gasteiger partial charge is 0.456 e. The molecule has 0 aliphatic carbocycles. The van der Waals surface area contributed by atoms with Crippen LogP contribution in [0.15, 0.2) is 156 Å². The lowest BCUT2D eigenvalue weighted by Gasteiger charge is -2.27. The molecule has 0 N–H and O–H groups in total. The summed E-state index contributed by atoms with van der Waals surface area (Å²) < 4.78 is 6.20. The van der Waals surface area contributed by atoms with Crippen LogP contribution in [0.2, 0.25) is 0 Å². The van der Waals surface area contributed by atoms with E-state index in [0.717, 1.165) is 44.4 Å². The van der Waals surface area contributed by atoms with Crippen LogP contribution in [-0.4, -0.2) is 0 Å². The molecule has 0 fully saturated rings. The van der Waals surface area contributed by atoms with Crippen molar-refractivity contribution < 1.29 is 4.42 Å². The summed E-state index contributed by atoms with van der Waals surface area (Å²) in [5.41, 5.74) is 7.61. The molecule has 8 rings (SSSR count). The highest BCUT2D eigenvalue weighted by molar-refractivity contribution is 6.13. The topological polar surface area (TPSA) is 16.4 Å². The van der Waals surface area contributed by atoms with Gasteiger partial charge in [-0.05, 0) is 81.9 Å². The number of nitrogens with zero attached hydrogens (tertiary/aromatic N) is 1. The lowest BCUT2D eigenvalue weighted by molar-refractivity contribution is 0.669. The second-order valence-electron chi connectivity index (χ2n) is 10.2. The number of para-hydroxylation sites is 2. The Balaban J connectivity index is 1.29. The van der Waals surface area contributed by atoms with Gasteiger partial charge >= 0.3 is 0 Å². The van der Waals surface area contributed by atoms with Crippen molar-refractivity contribution in [1.82, 2.24) is 0 Å². The Labute approximate surface area is 232 Å². The number of furan rings is 1. The van der Waals surface area contributed by atoms with Crippen LogP contribution in [0.5, 0.6) is 0 Å². The first-order valence-corrected chi connectivity index (χ1v) is 13.6. The van der Waals surface area contributed by atoms with E-state index < -0.39 is 0 Å². The van der Waals surface area contributed by atoms with E-state index in [4.69, 9.17) is 4.42 Å². The Morgan fingerprint density at radius 3 is 1.95 bits per heavy atom. The average Bonchev–Trinajstić information content (AvgIpc) is 3.38. The molecule has 0 aliphatic heterocycles. The molecular weight excluding hydrogens is 486 g/mol. The van der Waals surface area contributed by atoms with Crippen molar-refractivity contribution in [2.75, 3.05) is 4.90 Å². The van der Waals surface area contributed by atoms with Gasteiger partial charge in [-0.15, -0.1) is 0 Å². The third-order valence-corrected chi connectivity index (χ3v) is 7.82. The second kappa shape index (κ2) is 9.14. The fraction of sp³-hybridized carbons (Fsp3) is 0. The first-order chi connectivity index (χ1) is 19.8. The molecule has 0 unspecified atom stereocenters. The summed E-state index contributed by atoms with van der Waals surface area (Å²) in [6.07, 6.45) is 0. The molecule has 0 saturated heterocycles. The molecule has 0 saturated carbocycles. The van der Waals surface area contributed by atoms with Crippen LogP contribution in [0.1, 0.15) is 0 Å². The first kappa shape index (κ1) is 22.6. The summed E-state index contributed by atoms with van der Waals surface area (Å²) >= 11 is 0. The molecule has 1 heterocycles. The van der Waals surface area contributed by atoms with E-state index in [1.807, 2.05) is 12.1 Å². The average molecular weight is 512 g/mol. The van der Waals surface area contributed by atoms with E-state index in [9.17, 15) is 0 Å². The van der Waals surface area contributed by atoms with Crippen LogP contribution >= 0.6 is 0 Å². The third-order valence-electron chi connectivity index (χ3n) is 7.82. The Bertz CT molecular complexity index is 2160. The van der Waals surface area contributed by atoms with E-state index in [1.165, 1.54) is 27.3 Å². The maximum Gasteiger partial charge on any atom is 0.136 e. The van der Waals surface area contributed by atoms with Gasteiger partial charge in [-0.25, -0.2) is 0 Å². The number of anilines is 3. The van der Waals surface area contributed by atoms with Gasteiger partial charge < -0.3 is 9.32 Å². The predicted octanol–water partition coefficient (Wildman–Crippen LogP) is 11.0. The zero-order valence-corrected chi connectivity index (χ0v) is 21.8. The maximum absolute atomic E-state index is 6.20. The van der Waals surface area contributed by atoms with Crippen LogP contribution in [0.3, 0.4) is 0 Å². The first-order valence-electron chi connectivity index (χ1n) is 13.6. The summed E-state index contributed by atoms with van der Waals surface area (Å²) in [5, 5.41) is 7.12. The standard InChI is InChI=1S/C38H25NO/c1-2-12-31(13-3-1)39(32-21-19-27(20-22-32)29-18-17-26-9-4-5-10-28(26)23-29)36-15-8-11-30-24-38-35(25-34(30)36)33-14-6-7-16-37(33)40-38/h1-25H. The molecule has 0 bridgehead atoms. The summed E-state index contributed by atoms with van der Waals surface area (Å²) in [5.74, 6) is 0. The van der Waals surface area contributed by atoms with Gasteiger partial charge in [-0.2, -0.15) is 0 Å². The highest BCUT2D eigenvalue weighted by Gasteiger charge is 2.17. The van der Waals surface area contributed by atoms with Crippen LogP contribution in [0, 0.1) is 0 Å². The molecule has 188 valence electrons. The van der Waals surface area contributed by atoms with Crippen molar-refractivity contribution in [1.29, 1.82) is 0 Å². The molecule has 2 nitrogen and oxygen atoms in total. The van der Waals surface area contributed by atoms with Gasteiger partial charge in [0.1, 0.15) is 11.2 Å². The highest BCUT2D eigenvalue weighted by Crippen LogP contribution is 2.42. The zero-order chi connectivity index (χ0) is 26.5. The summed E-state index contributed by atoms with van der Waals surface area (Å²) in [7, 11) is 0. The van der Waals surface area contributed by atoms with Crippen molar-refractivity contribution >= 4 is 60.5 Å². The molecule has 1 aromatic heterocycles. The summed E-state index contributed by atoms with van der Waals surface area (Å²) in [6, 6.07) is 53.9. The van der Waals surface area contributed by atoms with Crippen molar-refractivity contribution in [2.24, 2.45) is 0 Å². The fourth-order valence-electron chi connectivity index (χ4n) is 5.85. The lowest BCUT2D eigenvalue weighted by Crippen LogP contribution is -2.10. The minimum Gasteiger partial charge on any atom is -0.456 e. The Hall–Kier alpha value is -5.34. The van der Waals surface area contributed by atoms with Crippen molar-refractivity contribution in [3.05, 3.63) is 152 Å². The number of fused-ring (bicyclic) bond motifs is 5. The van der Waals surface area contributed by atoms with E-state index in [0.29, 0.717) is 0 Å². The molecule has 0 amide bonds. The summed E-state index contributed by atoms with van der Waals surface area (Å²) in [4.78, 5) is 2.35. The van der Waals surface area contributed by atoms with E-state index >= 15 is 0 Å². The smallest absolute Gasteiger partial charge is 0.136 e. The second-order valence-corrected chi connectivity index (χ2v) is 10.2. The van der Waals surface area contributed by atoms with Gasteiger partial charge in [-0.1, -0.05) is 97.1 Å². The number of hydrogen-bond donors (Lipinski definition) is 0. The Morgan fingerprint density at radius 1 is 0.375 bits per heavy atom. The van der Waals surface area contributed by atoms with Gasteiger partial charge in [0.05, 0.1) is 5.69 Å². The maximum atomic E-state index is 6.20. The molecule has 0 radical (unpaired) electrons. The van der Waals surface area contributed by atoms with Gasteiger partial charge in [0.15, 0.2) is 0 Å². The van der Waals surface area contributed by atoms with Crippen LogP contribution < -0.4 is 4.90 Å². The number of benzene rings is 7. The number of rotatable bonds is 4. The van der Waals surface area contributed by atoms with Crippen LogP contribution in [0.4, 0.5) is 17.1 Å². The minimum atomic E-state index is 0.914. The molecular formula is C38H25NO. The van der Waals surface area contributed by atoms with Crippen LogP contribution in [-0.2, 0) is 0 Å². The molecule has 2 heteroatoms. The zero-order valence-electron chi connectivity index (χ0n) is 21.8. The van der Waals surface area contributed by atoms with Crippen LogP contribution in [0.25, 0.3) is 54.6 Å². The molecule has 0 aliphatic rings. The van der Waals surface area contributed by atoms with E-state index in [1.54, 1.807) is 0 Å². The van der Waals surface area contributed by atoms with Gasteiger partial charge in [-0.3, -0.25) is 0 Å². The monoisotopic (exact) mass is 511 g/mol. The van der Waals surface area contributed by atoms with Gasteiger partial charge in [0, 0.05) is 27.5 Å². The third kappa shape index (κ3) is 3.73. The Morgan fingerprint density at radius 2 is 1.07 bits per heavy atom. The predicted molar refractivity (Wildman–Crippen MR) is 169 cm³/mol. The molecule has 40 heavy (non-hydrogen) atoms. The van der Waals surface area contributed by atoms with Crippen molar-refractivity contribution in [2.45, 2.75) is 0 Å². The van der Waals surface area contributed by atoms with Gasteiger partial charge in [0.2, 0.25) is 0 Å². The normalized spacial score (nSPS) is 11.5. The minimum absolute atomic E-state index is 0.914. The fourth-order valence-corrected chi connectivity index (χ4v) is 5.85. The highest BCUT2D eigenvalue weighted by atomic mass is 16.3. The lowest BCUT2D eigenvalue weighted by atomic mass is 10.0. The molecule has 0 atom stereocenters. The SMILES string of the molecule is c1ccc(N(c2ccc(-c3ccc4ccccc4c3)cc2)c2cccc3cc4oc5ccccc5c4cc23)cc1. The molecule has 8 aromatic rings. The quantitative estimate of drug-likeness (QED) is 0.234. The number of hydrogen-bond acceptors (Lipinski definition) is 2. The Kier molecular flexibility index (Phi) is 5.17. The molecule has 0 spiro atoms. The van der Waals surface area contributed by atoms with Crippen molar-refractivity contribution in [3.8, 4) is 11.1 Å². The van der Waals surface area contributed by atoms with Gasteiger partial charge in [0.25, 0.3) is 0 Å². The summed E-state index contributed by atoms with van der Waals surface area (Å²) in [6.45, 7) is 0.